The number of benzene rings is 2. The van der Waals surface area contributed by atoms with E-state index in [4.69, 9.17) is 0 Å². The van der Waals surface area contributed by atoms with Gasteiger partial charge in [-0.25, -0.2) is 14.4 Å². The van der Waals surface area contributed by atoms with E-state index >= 15 is 0 Å². The number of carbonyl (C=O) groups excluding carboxylic acids is 1. The quantitative estimate of drug-likeness (QED) is 0.420. The number of anilines is 1. The summed E-state index contributed by atoms with van der Waals surface area (Å²) in [4.78, 5) is 21.1. The maximum absolute atomic E-state index is 14.7. The fourth-order valence-electron chi connectivity index (χ4n) is 3.34. The monoisotopic (exact) mass is 471 g/mol. The molecule has 2 N–H and O–H groups in total. The number of aryl methyl sites for hydroxylation is 1. The SMILES string of the molecule is Cn1ccc(-c2cc(C(=O)Nc3cnc(CO)nc3-c3ccccc3)c(F)cc2C(F)(F)F)n1. The summed E-state index contributed by atoms with van der Waals surface area (Å²) >= 11 is 0. The minimum Gasteiger partial charge on any atom is -0.388 e. The molecule has 7 nitrogen and oxygen atoms in total. The summed E-state index contributed by atoms with van der Waals surface area (Å²) in [6, 6.07) is 11.1. The van der Waals surface area contributed by atoms with Gasteiger partial charge < -0.3 is 10.4 Å². The van der Waals surface area contributed by atoms with E-state index in [-0.39, 0.29) is 29.0 Å². The number of rotatable bonds is 5. The summed E-state index contributed by atoms with van der Waals surface area (Å²) < 4.78 is 56.7. The third kappa shape index (κ3) is 4.64. The average molecular weight is 471 g/mol. The molecule has 0 aliphatic carbocycles. The van der Waals surface area contributed by atoms with Gasteiger partial charge >= 0.3 is 6.18 Å². The van der Waals surface area contributed by atoms with Gasteiger partial charge in [-0.05, 0) is 18.2 Å². The van der Waals surface area contributed by atoms with Crippen molar-refractivity contribution in [3.8, 4) is 22.5 Å². The van der Waals surface area contributed by atoms with E-state index in [1.54, 1.807) is 30.3 Å². The molecule has 1 amide bonds. The number of nitrogens with one attached hydrogen (secondary N) is 1. The Morgan fingerprint density at radius 1 is 1.15 bits per heavy atom. The van der Waals surface area contributed by atoms with Gasteiger partial charge in [0, 0.05) is 24.4 Å². The molecule has 0 saturated heterocycles. The van der Waals surface area contributed by atoms with Crippen molar-refractivity contribution in [2.75, 3.05) is 5.32 Å². The standard InChI is InChI=1S/C23H17F4N5O2/c1-32-8-7-18(31-32)14-9-15(17(24)10-16(14)23(25,26)27)22(34)29-19-11-28-20(12-33)30-21(19)13-5-3-2-4-6-13/h2-11,33H,12H2,1H3,(H,29,34). The molecule has 34 heavy (non-hydrogen) atoms. The number of aliphatic hydroxyl groups excluding tert-OH is 1. The third-order valence-electron chi connectivity index (χ3n) is 4.92. The van der Waals surface area contributed by atoms with Gasteiger partial charge in [0.05, 0.1) is 34.4 Å². The normalized spacial score (nSPS) is 11.5. The molecule has 0 fully saturated rings. The zero-order valence-corrected chi connectivity index (χ0v) is 17.6. The first-order chi connectivity index (χ1) is 16.2. The van der Waals surface area contributed by atoms with Crippen LogP contribution in [-0.2, 0) is 19.8 Å². The number of alkyl halides is 3. The number of aliphatic hydroxyl groups is 1. The van der Waals surface area contributed by atoms with E-state index < -0.39 is 41.2 Å². The van der Waals surface area contributed by atoms with Crippen LogP contribution in [0.3, 0.4) is 0 Å². The van der Waals surface area contributed by atoms with E-state index in [9.17, 15) is 27.5 Å². The van der Waals surface area contributed by atoms with Gasteiger partial charge in [0.2, 0.25) is 0 Å². The molecular weight excluding hydrogens is 454 g/mol. The largest absolute Gasteiger partial charge is 0.417 e. The highest BCUT2D eigenvalue weighted by Gasteiger charge is 2.36. The lowest BCUT2D eigenvalue weighted by Crippen LogP contribution is -2.18. The first kappa shape index (κ1) is 23.1. The van der Waals surface area contributed by atoms with Crippen molar-refractivity contribution in [2.24, 2.45) is 7.05 Å². The molecule has 4 aromatic rings. The van der Waals surface area contributed by atoms with Gasteiger partial charge in [-0.3, -0.25) is 9.48 Å². The fraction of sp³-hybridized carbons (Fsp3) is 0.130. The minimum atomic E-state index is -4.86. The van der Waals surface area contributed by atoms with E-state index in [2.05, 4.69) is 20.4 Å². The van der Waals surface area contributed by atoms with E-state index in [0.29, 0.717) is 5.56 Å². The lowest BCUT2D eigenvalue weighted by Gasteiger charge is -2.15. The minimum absolute atomic E-state index is 0.0653. The molecule has 2 aromatic heterocycles. The molecule has 2 heterocycles. The molecule has 2 aromatic carbocycles. The van der Waals surface area contributed by atoms with Crippen LogP contribution in [0, 0.1) is 5.82 Å². The lowest BCUT2D eigenvalue weighted by molar-refractivity contribution is -0.137. The summed E-state index contributed by atoms with van der Waals surface area (Å²) in [6.45, 7) is -0.449. The second-order valence-corrected chi connectivity index (χ2v) is 7.28. The van der Waals surface area contributed by atoms with Crippen molar-refractivity contribution >= 4 is 11.6 Å². The van der Waals surface area contributed by atoms with Gasteiger partial charge in [-0.15, -0.1) is 0 Å². The van der Waals surface area contributed by atoms with Crippen molar-refractivity contribution in [1.29, 1.82) is 0 Å². The van der Waals surface area contributed by atoms with Crippen LogP contribution >= 0.6 is 0 Å². The predicted octanol–water partition coefficient (Wildman–Crippen LogP) is 4.45. The number of amides is 1. The Labute approximate surface area is 190 Å². The van der Waals surface area contributed by atoms with Crippen molar-refractivity contribution in [2.45, 2.75) is 12.8 Å². The summed E-state index contributed by atoms with van der Waals surface area (Å²) in [5.74, 6) is -2.25. The lowest BCUT2D eigenvalue weighted by atomic mass is 9.99. The summed E-state index contributed by atoms with van der Waals surface area (Å²) in [5, 5.41) is 15.8. The first-order valence-corrected chi connectivity index (χ1v) is 9.91. The Bertz CT molecular complexity index is 1350. The predicted molar refractivity (Wildman–Crippen MR) is 115 cm³/mol. The van der Waals surface area contributed by atoms with E-state index in [0.717, 1.165) is 6.07 Å². The van der Waals surface area contributed by atoms with Crippen LogP contribution in [0.2, 0.25) is 0 Å². The maximum atomic E-state index is 14.7. The second-order valence-electron chi connectivity index (χ2n) is 7.28. The number of aromatic nitrogens is 4. The van der Waals surface area contributed by atoms with Crippen LogP contribution in [0.25, 0.3) is 22.5 Å². The highest BCUT2D eigenvalue weighted by molar-refractivity contribution is 6.06. The van der Waals surface area contributed by atoms with Crippen LogP contribution in [-0.4, -0.2) is 30.8 Å². The number of hydrogen-bond donors (Lipinski definition) is 2. The fourth-order valence-corrected chi connectivity index (χ4v) is 3.34. The molecule has 4 rings (SSSR count). The Balaban J connectivity index is 1.78. The van der Waals surface area contributed by atoms with Crippen molar-refractivity contribution in [3.05, 3.63) is 83.7 Å². The molecule has 0 atom stereocenters. The van der Waals surface area contributed by atoms with Gasteiger partial charge in [0.15, 0.2) is 5.82 Å². The highest BCUT2D eigenvalue weighted by atomic mass is 19.4. The Morgan fingerprint density at radius 3 is 2.50 bits per heavy atom. The molecular formula is C23H17F4N5O2. The first-order valence-electron chi connectivity index (χ1n) is 9.91. The summed E-state index contributed by atoms with van der Waals surface area (Å²) in [5.41, 5.74) is -1.44. The van der Waals surface area contributed by atoms with E-state index in [1.807, 2.05) is 0 Å². The van der Waals surface area contributed by atoms with E-state index in [1.165, 1.54) is 30.2 Å². The summed E-state index contributed by atoms with van der Waals surface area (Å²) in [6.07, 6.45) is -2.19. The van der Waals surface area contributed by atoms with Crippen molar-refractivity contribution in [1.82, 2.24) is 19.7 Å². The van der Waals surface area contributed by atoms with Gasteiger partial charge in [0.25, 0.3) is 5.91 Å². The Morgan fingerprint density at radius 2 is 1.88 bits per heavy atom. The van der Waals surface area contributed by atoms with Crippen LogP contribution in [0.5, 0.6) is 0 Å². The molecule has 0 spiro atoms. The zero-order valence-electron chi connectivity index (χ0n) is 17.6. The Kier molecular flexibility index (Phi) is 6.12. The third-order valence-corrected chi connectivity index (χ3v) is 4.92. The molecule has 11 heteroatoms. The smallest absolute Gasteiger partial charge is 0.388 e. The van der Waals surface area contributed by atoms with Crippen molar-refractivity contribution in [3.63, 3.8) is 0 Å². The van der Waals surface area contributed by atoms with Gasteiger partial charge in [-0.2, -0.15) is 18.3 Å². The molecule has 0 bridgehead atoms. The molecule has 0 radical (unpaired) electrons. The van der Waals surface area contributed by atoms with Crippen molar-refractivity contribution < 1.29 is 27.5 Å². The topological polar surface area (TPSA) is 92.9 Å². The number of hydrogen-bond acceptors (Lipinski definition) is 5. The maximum Gasteiger partial charge on any atom is 0.417 e. The number of nitrogens with zero attached hydrogens (tertiary/aromatic N) is 4. The molecule has 174 valence electrons. The molecule has 0 aliphatic heterocycles. The second kappa shape index (κ2) is 9.02. The molecule has 0 aliphatic rings. The Hall–Kier alpha value is -4.12. The number of carbonyl (C=O) groups is 1. The van der Waals surface area contributed by atoms with Crippen LogP contribution in [0.15, 0.2) is 60.9 Å². The zero-order chi connectivity index (χ0) is 24.5. The average Bonchev–Trinajstić information content (AvgIpc) is 3.25. The van der Waals surface area contributed by atoms with Gasteiger partial charge in [0.1, 0.15) is 12.4 Å². The highest BCUT2D eigenvalue weighted by Crippen LogP contribution is 2.38. The van der Waals surface area contributed by atoms with Gasteiger partial charge in [-0.1, -0.05) is 30.3 Å². The molecule has 0 saturated carbocycles. The number of halogens is 4. The van der Waals surface area contributed by atoms with Crippen LogP contribution in [0.1, 0.15) is 21.7 Å². The molecule has 0 unspecified atom stereocenters. The van der Waals surface area contributed by atoms with Crippen LogP contribution < -0.4 is 5.32 Å². The van der Waals surface area contributed by atoms with Crippen LogP contribution in [0.4, 0.5) is 23.2 Å². The summed E-state index contributed by atoms with van der Waals surface area (Å²) in [7, 11) is 1.52.